The SMILES string of the molecule is CCCCN(Cc1cc2ccc(C)cc2[nH]c1=O)C(=O)C(C)C. The van der Waals surface area contributed by atoms with E-state index in [2.05, 4.69) is 11.9 Å². The Labute approximate surface area is 137 Å². The summed E-state index contributed by atoms with van der Waals surface area (Å²) in [5.41, 5.74) is 2.49. The molecule has 2 rings (SSSR count). The lowest BCUT2D eigenvalue weighted by atomic mass is 10.1. The van der Waals surface area contributed by atoms with Gasteiger partial charge in [0.05, 0.1) is 6.54 Å². The van der Waals surface area contributed by atoms with Crippen LogP contribution in [0.3, 0.4) is 0 Å². The van der Waals surface area contributed by atoms with Gasteiger partial charge in [0.25, 0.3) is 5.56 Å². The third-order valence-corrected chi connectivity index (χ3v) is 4.03. The largest absolute Gasteiger partial charge is 0.338 e. The van der Waals surface area contributed by atoms with Crippen LogP contribution >= 0.6 is 0 Å². The lowest BCUT2D eigenvalue weighted by Crippen LogP contribution is -2.36. The maximum atomic E-state index is 12.4. The number of aromatic nitrogens is 1. The van der Waals surface area contributed by atoms with Gasteiger partial charge >= 0.3 is 0 Å². The summed E-state index contributed by atoms with van der Waals surface area (Å²) in [7, 11) is 0. The second-order valence-corrected chi connectivity index (χ2v) is 6.48. The van der Waals surface area contributed by atoms with E-state index in [1.165, 1.54) is 0 Å². The Bertz CT molecular complexity index is 747. The number of hydrogen-bond donors (Lipinski definition) is 1. The number of amides is 1. The van der Waals surface area contributed by atoms with Crippen LogP contribution in [0.25, 0.3) is 10.9 Å². The molecule has 0 fully saturated rings. The maximum absolute atomic E-state index is 12.4. The zero-order valence-corrected chi connectivity index (χ0v) is 14.5. The van der Waals surface area contributed by atoms with Crippen LogP contribution in [0.5, 0.6) is 0 Å². The molecule has 0 atom stereocenters. The van der Waals surface area contributed by atoms with Crippen molar-refractivity contribution in [2.75, 3.05) is 6.54 Å². The molecular weight excluding hydrogens is 288 g/mol. The zero-order valence-electron chi connectivity index (χ0n) is 14.5. The lowest BCUT2D eigenvalue weighted by Gasteiger charge is -2.24. The van der Waals surface area contributed by atoms with Gasteiger partial charge in [0.15, 0.2) is 0 Å². The second-order valence-electron chi connectivity index (χ2n) is 6.48. The van der Waals surface area contributed by atoms with Crippen LogP contribution in [0.15, 0.2) is 29.1 Å². The first-order chi connectivity index (χ1) is 10.9. The molecule has 4 nitrogen and oxygen atoms in total. The number of benzene rings is 1. The van der Waals surface area contributed by atoms with E-state index in [1.54, 1.807) is 4.90 Å². The number of unbranched alkanes of at least 4 members (excludes halogenated alkanes) is 1. The monoisotopic (exact) mass is 314 g/mol. The quantitative estimate of drug-likeness (QED) is 0.885. The Kier molecular flexibility index (Phi) is 5.59. The van der Waals surface area contributed by atoms with E-state index in [1.807, 2.05) is 45.0 Å². The van der Waals surface area contributed by atoms with Crippen LogP contribution in [0, 0.1) is 12.8 Å². The molecule has 2 aromatic rings. The van der Waals surface area contributed by atoms with Gasteiger partial charge in [-0.2, -0.15) is 0 Å². The molecule has 124 valence electrons. The third-order valence-electron chi connectivity index (χ3n) is 4.03. The van der Waals surface area contributed by atoms with E-state index < -0.39 is 0 Å². The summed E-state index contributed by atoms with van der Waals surface area (Å²) in [5, 5.41) is 0.998. The maximum Gasteiger partial charge on any atom is 0.253 e. The van der Waals surface area contributed by atoms with Crippen LogP contribution in [-0.2, 0) is 11.3 Å². The Hall–Kier alpha value is -2.10. The fraction of sp³-hybridized carbons (Fsp3) is 0.474. The van der Waals surface area contributed by atoms with Crippen molar-refractivity contribution in [3.05, 3.63) is 45.7 Å². The summed E-state index contributed by atoms with van der Waals surface area (Å²) < 4.78 is 0. The molecule has 23 heavy (non-hydrogen) atoms. The van der Waals surface area contributed by atoms with E-state index in [0.717, 1.165) is 29.3 Å². The molecule has 0 aliphatic rings. The average molecular weight is 314 g/mol. The second kappa shape index (κ2) is 7.44. The van der Waals surface area contributed by atoms with Gasteiger partial charge < -0.3 is 9.88 Å². The number of nitrogens with one attached hydrogen (secondary N) is 1. The van der Waals surface area contributed by atoms with Crippen LogP contribution in [-0.4, -0.2) is 22.3 Å². The highest BCUT2D eigenvalue weighted by molar-refractivity contribution is 5.80. The van der Waals surface area contributed by atoms with Crippen molar-refractivity contribution < 1.29 is 4.79 Å². The normalized spacial score (nSPS) is 11.2. The van der Waals surface area contributed by atoms with Crippen molar-refractivity contribution in [3.8, 4) is 0 Å². The Morgan fingerprint density at radius 3 is 2.65 bits per heavy atom. The predicted octanol–water partition coefficient (Wildman–Crippen LogP) is 3.62. The zero-order chi connectivity index (χ0) is 17.0. The number of hydrogen-bond acceptors (Lipinski definition) is 2. The molecule has 0 aliphatic carbocycles. The number of fused-ring (bicyclic) bond motifs is 1. The Morgan fingerprint density at radius 1 is 1.26 bits per heavy atom. The fourth-order valence-electron chi connectivity index (χ4n) is 2.66. The molecular formula is C19H26N2O2. The van der Waals surface area contributed by atoms with Crippen LogP contribution in [0.4, 0.5) is 0 Å². The van der Waals surface area contributed by atoms with Gasteiger partial charge in [-0.15, -0.1) is 0 Å². The van der Waals surface area contributed by atoms with Gasteiger partial charge in [-0.05, 0) is 36.4 Å². The van der Waals surface area contributed by atoms with Crippen LogP contribution in [0.2, 0.25) is 0 Å². The summed E-state index contributed by atoms with van der Waals surface area (Å²) in [6.45, 7) is 8.96. The van der Waals surface area contributed by atoms with Gasteiger partial charge in [-0.3, -0.25) is 9.59 Å². The van der Waals surface area contributed by atoms with Crippen molar-refractivity contribution in [1.82, 2.24) is 9.88 Å². The summed E-state index contributed by atoms with van der Waals surface area (Å²) in [6.07, 6.45) is 1.97. The number of aryl methyl sites for hydroxylation is 1. The van der Waals surface area contributed by atoms with Crippen molar-refractivity contribution >= 4 is 16.8 Å². The van der Waals surface area contributed by atoms with Gasteiger partial charge in [-0.1, -0.05) is 39.3 Å². The smallest absolute Gasteiger partial charge is 0.253 e. The van der Waals surface area contributed by atoms with E-state index in [9.17, 15) is 9.59 Å². The van der Waals surface area contributed by atoms with Gasteiger partial charge in [0.1, 0.15) is 0 Å². The number of rotatable bonds is 6. The number of carbonyl (C=O) groups excluding carboxylic acids is 1. The Morgan fingerprint density at radius 2 is 2.00 bits per heavy atom. The number of aromatic amines is 1. The number of pyridine rings is 1. The van der Waals surface area contributed by atoms with Crippen molar-refractivity contribution in [2.24, 2.45) is 5.92 Å². The number of H-pyrrole nitrogens is 1. The molecule has 0 radical (unpaired) electrons. The predicted molar refractivity (Wildman–Crippen MR) is 94.5 cm³/mol. The summed E-state index contributed by atoms with van der Waals surface area (Å²) >= 11 is 0. The van der Waals surface area contributed by atoms with Crippen molar-refractivity contribution in [2.45, 2.75) is 47.1 Å². The Balaban J connectivity index is 2.33. The molecule has 0 bridgehead atoms. The van der Waals surface area contributed by atoms with E-state index in [-0.39, 0.29) is 17.4 Å². The van der Waals surface area contributed by atoms with Crippen LogP contribution in [0.1, 0.15) is 44.7 Å². The molecule has 1 aromatic heterocycles. The lowest BCUT2D eigenvalue weighted by molar-refractivity contribution is -0.135. The minimum absolute atomic E-state index is 0.0611. The number of nitrogens with zero attached hydrogens (tertiary/aromatic N) is 1. The molecule has 1 heterocycles. The highest BCUT2D eigenvalue weighted by atomic mass is 16.2. The fourth-order valence-corrected chi connectivity index (χ4v) is 2.66. The van der Waals surface area contributed by atoms with Gasteiger partial charge in [0, 0.05) is 23.5 Å². The first-order valence-electron chi connectivity index (χ1n) is 8.33. The third kappa shape index (κ3) is 4.21. The van der Waals surface area contributed by atoms with Crippen molar-refractivity contribution in [3.63, 3.8) is 0 Å². The first kappa shape index (κ1) is 17.3. The molecule has 1 N–H and O–H groups in total. The van der Waals surface area contributed by atoms with E-state index >= 15 is 0 Å². The highest BCUT2D eigenvalue weighted by Crippen LogP contribution is 2.15. The molecule has 4 heteroatoms. The van der Waals surface area contributed by atoms with Gasteiger partial charge in [-0.25, -0.2) is 0 Å². The summed E-state index contributed by atoms with van der Waals surface area (Å²) in [4.78, 5) is 29.5. The summed E-state index contributed by atoms with van der Waals surface area (Å²) in [5.74, 6) is 0.0379. The molecule has 0 aliphatic heterocycles. The van der Waals surface area contributed by atoms with E-state index in [0.29, 0.717) is 18.7 Å². The molecule has 1 amide bonds. The molecule has 0 unspecified atom stereocenters. The minimum Gasteiger partial charge on any atom is -0.338 e. The highest BCUT2D eigenvalue weighted by Gasteiger charge is 2.18. The molecule has 0 spiro atoms. The number of carbonyl (C=O) groups is 1. The van der Waals surface area contributed by atoms with Crippen molar-refractivity contribution in [1.29, 1.82) is 0 Å². The molecule has 0 saturated heterocycles. The average Bonchev–Trinajstić information content (AvgIpc) is 2.51. The summed E-state index contributed by atoms with van der Waals surface area (Å²) in [6, 6.07) is 7.90. The molecule has 0 saturated carbocycles. The van der Waals surface area contributed by atoms with Gasteiger partial charge in [0.2, 0.25) is 5.91 Å². The molecule has 1 aromatic carbocycles. The van der Waals surface area contributed by atoms with E-state index in [4.69, 9.17) is 0 Å². The first-order valence-corrected chi connectivity index (χ1v) is 8.33. The standard InChI is InChI=1S/C19H26N2O2/c1-5-6-9-21(19(23)13(2)3)12-16-11-15-8-7-14(4)10-17(15)20-18(16)22/h7-8,10-11,13H,5-6,9,12H2,1-4H3,(H,20,22). The minimum atomic E-state index is -0.110. The van der Waals surface area contributed by atoms with Crippen LogP contribution < -0.4 is 5.56 Å². The topological polar surface area (TPSA) is 53.2 Å².